The Labute approximate surface area is 157 Å². The number of benzene rings is 1. The second-order valence-electron chi connectivity index (χ2n) is 6.73. The van der Waals surface area contributed by atoms with E-state index >= 15 is 0 Å². The monoisotopic (exact) mass is 394 g/mol. The van der Waals surface area contributed by atoms with Crippen LogP contribution in [0.15, 0.2) is 29.2 Å². The van der Waals surface area contributed by atoms with Crippen molar-refractivity contribution in [2.75, 3.05) is 30.9 Å². The van der Waals surface area contributed by atoms with E-state index in [4.69, 9.17) is 4.74 Å². The van der Waals surface area contributed by atoms with Crippen molar-refractivity contribution in [2.45, 2.75) is 31.4 Å². The van der Waals surface area contributed by atoms with E-state index in [1.54, 1.807) is 6.07 Å². The minimum absolute atomic E-state index is 0.117. The van der Waals surface area contributed by atoms with Crippen molar-refractivity contribution in [3.05, 3.63) is 45.8 Å². The molecule has 0 saturated carbocycles. The van der Waals surface area contributed by atoms with Gasteiger partial charge in [0.05, 0.1) is 29.9 Å². The number of sulfone groups is 1. The smallest absolute Gasteiger partial charge is 0.288 e. The molecule has 2 aromatic rings. The second kappa shape index (κ2) is 7.28. The zero-order chi connectivity index (χ0) is 19.8. The highest BCUT2D eigenvalue weighted by Crippen LogP contribution is 2.29. The van der Waals surface area contributed by atoms with Gasteiger partial charge < -0.3 is 9.64 Å². The number of morpholine rings is 1. The van der Waals surface area contributed by atoms with E-state index in [0.29, 0.717) is 31.9 Å². The van der Waals surface area contributed by atoms with Crippen LogP contribution in [0.3, 0.4) is 0 Å². The maximum absolute atomic E-state index is 12.0. The van der Waals surface area contributed by atoms with Crippen LogP contribution in [0.1, 0.15) is 11.4 Å². The predicted molar refractivity (Wildman–Crippen MR) is 99.9 cm³/mol. The average molecular weight is 394 g/mol. The average Bonchev–Trinajstić information content (AvgIpc) is 2.91. The molecule has 146 valence electrons. The number of nitrogens with zero attached hydrogens (tertiary/aromatic N) is 4. The fourth-order valence-corrected chi connectivity index (χ4v) is 4.12. The third kappa shape index (κ3) is 4.28. The van der Waals surface area contributed by atoms with Crippen molar-refractivity contribution in [1.29, 1.82) is 0 Å². The predicted octanol–water partition coefficient (Wildman–Crippen LogP) is 1.72. The van der Waals surface area contributed by atoms with E-state index in [0.717, 1.165) is 17.6 Å². The molecule has 1 atom stereocenters. The maximum atomic E-state index is 12.0. The lowest BCUT2D eigenvalue weighted by atomic mass is 10.2. The standard InChI is InChI=1S/C17H22N4O5S/c1-12-8-13(2)20(18-12)11-15-10-19(6-7-26-15)14-4-5-16(21(22)23)17(9-14)27(3,24)25/h4-5,8-9,15H,6-7,10-11H2,1-3H3. The minimum atomic E-state index is -3.72. The molecule has 27 heavy (non-hydrogen) atoms. The van der Waals surface area contributed by atoms with Crippen molar-refractivity contribution in [2.24, 2.45) is 0 Å². The second-order valence-corrected chi connectivity index (χ2v) is 8.71. The Hall–Kier alpha value is -2.46. The van der Waals surface area contributed by atoms with Gasteiger partial charge in [0.15, 0.2) is 9.84 Å². The zero-order valence-electron chi connectivity index (χ0n) is 15.5. The molecule has 0 N–H and O–H groups in total. The van der Waals surface area contributed by atoms with Gasteiger partial charge in [0.1, 0.15) is 4.90 Å². The molecular weight excluding hydrogens is 372 g/mol. The van der Waals surface area contributed by atoms with E-state index in [1.807, 2.05) is 29.5 Å². The molecule has 10 heteroatoms. The molecule has 1 aromatic heterocycles. The molecule has 9 nitrogen and oxygen atoms in total. The maximum Gasteiger partial charge on any atom is 0.288 e. The van der Waals surface area contributed by atoms with Crippen molar-refractivity contribution in [3.63, 3.8) is 0 Å². The van der Waals surface area contributed by atoms with Crippen LogP contribution in [0.2, 0.25) is 0 Å². The first kappa shape index (κ1) is 19.3. The molecule has 1 aliphatic heterocycles. The van der Waals surface area contributed by atoms with Gasteiger partial charge in [-0.2, -0.15) is 5.10 Å². The van der Waals surface area contributed by atoms with Crippen LogP contribution < -0.4 is 4.90 Å². The number of aryl methyl sites for hydroxylation is 2. The summed E-state index contributed by atoms with van der Waals surface area (Å²) in [5, 5.41) is 15.6. The Bertz CT molecular complexity index is 970. The summed E-state index contributed by atoms with van der Waals surface area (Å²) in [6.45, 7) is 6.10. The highest BCUT2D eigenvalue weighted by Gasteiger charge is 2.26. The van der Waals surface area contributed by atoms with Crippen LogP contribution in [-0.4, -0.2) is 55.2 Å². The lowest BCUT2D eigenvalue weighted by molar-refractivity contribution is -0.387. The van der Waals surface area contributed by atoms with E-state index in [1.165, 1.54) is 12.1 Å². The summed E-state index contributed by atoms with van der Waals surface area (Å²) in [6.07, 6.45) is 0.859. The molecular formula is C17H22N4O5S. The van der Waals surface area contributed by atoms with Crippen molar-refractivity contribution in [3.8, 4) is 0 Å². The number of aromatic nitrogens is 2. The molecule has 3 rings (SSSR count). The van der Waals surface area contributed by atoms with Gasteiger partial charge in [-0.05, 0) is 32.0 Å². The summed E-state index contributed by atoms with van der Waals surface area (Å²) in [5.41, 5.74) is 2.20. The third-order valence-corrected chi connectivity index (χ3v) is 5.65. The summed E-state index contributed by atoms with van der Waals surface area (Å²) in [5.74, 6) is 0. The van der Waals surface area contributed by atoms with Crippen molar-refractivity contribution < 1.29 is 18.1 Å². The number of anilines is 1. The topological polar surface area (TPSA) is 108 Å². The largest absolute Gasteiger partial charge is 0.373 e. The Balaban J connectivity index is 1.83. The SMILES string of the molecule is Cc1cc(C)n(CC2CN(c3ccc([N+](=O)[O-])c(S(C)(=O)=O)c3)CCO2)n1. The van der Waals surface area contributed by atoms with E-state index in [9.17, 15) is 18.5 Å². The van der Waals surface area contributed by atoms with Gasteiger partial charge in [-0.3, -0.25) is 14.8 Å². The number of nitro groups is 1. The lowest BCUT2D eigenvalue weighted by Gasteiger charge is -2.34. The number of nitro benzene ring substituents is 1. The molecule has 0 radical (unpaired) electrons. The lowest BCUT2D eigenvalue weighted by Crippen LogP contribution is -2.44. The molecule has 1 aliphatic rings. The van der Waals surface area contributed by atoms with Crippen LogP contribution in [0.4, 0.5) is 11.4 Å². The first-order chi connectivity index (χ1) is 12.6. The fourth-order valence-electron chi connectivity index (χ4n) is 3.26. The van der Waals surface area contributed by atoms with Crippen LogP contribution >= 0.6 is 0 Å². The molecule has 0 amide bonds. The van der Waals surface area contributed by atoms with E-state index in [2.05, 4.69) is 5.10 Å². The summed E-state index contributed by atoms with van der Waals surface area (Å²) in [4.78, 5) is 12.2. The molecule has 2 heterocycles. The summed E-state index contributed by atoms with van der Waals surface area (Å²) >= 11 is 0. The molecule has 1 fully saturated rings. The minimum Gasteiger partial charge on any atom is -0.373 e. The first-order valence-electron chi connectivity index (χ1n) is 8.51. The summed E-state index contributed by atoms with van der Waals surface area (Å²) < 4.78 is 31.7. The molecule has 0 spiro atoms. The zero-order valence-corrected chi connectivity index (χ0v) is 16.3. The number of hydrogen-bond acceptors (Lipinski definition) is 7. The van der Waals surface area contributed by atoms with Gasteiger partial charge in [-0.15, -0.1) is 0 Å². The Morgan fingerprint density at radius 3 is 2.67 bits per heavy atom. The van der Waals surface area contributed by atoms with Gasteiger partial charge in [-0.1, -0.05) is 0 Å². The van der Waals surface area contributed by atoms with Gasteiger partial charge in [0.25, 0.3) is 5.69 Å². The van der Waals surface area contributed by atoms with Gasteiger partial charge in [0.2, 0.25) is 0 Å². The molecule has 0 aliphatic carbocycles. The van der Waals surface area contributed by atoms with Crippen molar-refractivity contribution >= 4 is 21.2 Å². The van der Waals surface area contributed by atoms with Gasteiger partial charge >= 0.3 is 0 Å². The quantitative estimate of drug-likeness (QED) is 0.561. The molecule has 1 unspecified atom stereocenters. The molecule has 1 aromatic carbocycles. The van der Waals surface area contributed by atoms with Gasteiger partial charge in [-0.25, -0.2) is 8.42 Å². The van der Waals surface area contributed by atoms with Crippen LogP contribution in [-0.2, 0) is 21.1 Å². The molecule has 1 saturated heterocycles. The third-order valence-electron chi connectivity index (χ3n) is 4.52. The Morgan fingerprint density at radius 1 is 1.33 bits per heavy atom. The Morgan fingerprint density at radius 2 is 2.07 bits per heavy atom. The van der Waals surface area contributed by atoms with Crippen LogP contribution in [0.5, 0.6) is 0 Å². The molecule has 0 bridgehead atoms. The van der Waals surface area contributed by atoms with Crippen molar-refractivity contribution in [1.82, 2.24) is 9.78 Å². The summed E-state index contributed by atoms with van der Waals surface area (Å²) in [7, 11) is -3.72. The first-order valence-corrected chi connectivity index (χ1v) is 10.4. The highest BCUT2D eigenvalue weighted by molar-refractivity contribution is 7.90. The highest BCUT2D eigenvalue weighted by atomic mass is 32.2. The van der Waals surface area contributed by atoms with Gasteiger partial charge in [0, 0.05) is 36.8 Å². The number of hydrogen-bond donors (Lipinski definition) is 0. The van der Waals surface area contributed by atoms with Crippen LogP contribution in [0.25, 0.3) is 0 Å². The van der Waals surface area contributed by atoms with Crippen LogP contribution in [0, 0.1) is 24.0 Å². The normalized spacial score (nSPS) is 17.9. The Kier molecular flexibility index (Phi) is 5.20. The number of ether oxygens (including phenoxy) is 1. The number of rotatable bonds is 5. The fraction of sp³-hybridized carbons (Fsp3) is 0.471. The van der Waals surface area contributed by atoms with E-state index < -0.39 is 20.4 Å². The summed E-state index contributed by atoms with van der Waals surface area (Å²) in [6, 6.07) is 6.20. The van der Waals surface area contributed by atoms with E-state index in [-0.39, 0.29) is 11.0 Å².